The van der Waals surface area contributed by atoms with Crippen LogP contribution in [-0.2, 0) is 11.2 Å². The summed E-state index contributed by atoms with van der Waals surface area (Å²) in [6.07, 6.45) is 3.09. The Hall–Kier alpha value is -0.700. The highest BCUT2D eigenvalue weighted by Crippen LogP contribution is 2.34. The minimum absolute atomic E-state index is 0.00931. The summed E-state index contributed by atoms with van der Waals surface area (Å²) in [5.41, 5.74) is 0.650. The molecule has 0 aliphatic heterocycles. The first kappa shape index (κ1) is 14.7. The van der Waals surface area contributed by atoms with E-state index in [2.05, 4.69) is 29.8 Å². The monoisotopic (exact) mass is 326 g/mol. The number of hydrogen-bond acceptors (Lipinski definition) is 1. The maximum atomic E-state index is 13.8. The van der Waals surface area contributed by atoms with Gasteiger partial charge in [-0.3, -0.25) is 4.79 Å². The summed E-state index contributed by atoms with van der Waals surface area (Å²) in [4.78, 5) is 12.0. The Morgan fingerprint density at radius 2 is 2.16 bits per heavy atom. The first-order valence-corrected chi connectivity index (χ1v) is 7.73. The number of hydrogen-bond donors (Lipinski definition) is 0. The molecule has 2 rings (SSSR count). The smallest absolute Gasteiger partial charge is 0.136 e. The van der Waals surface area contributed by atoms with Crippen molar-refractivity contribution >= 4 is 21.7 Å². The average Bonchev–Trinajstić information content (AvgIpc) is 2.36. The highest BCUT2D eigenvalue weighted by Gasteiger charge is 2.30. The van der Waals surface area contributed by atoms with E-state index in [0.29, 0.717) is 36.0 Å². The molecular weight excluding hydrogens is 307 g/mol. The van der Waals surface area contributed by atoms with Crippen molar-refractivity contribution in [3.8, 4) is 0 Å². The lowest BCUT2D eigenvalue weighted by molar-refractivity contribution is -0.125. The van der Waals surface area contributed by atoms with Gasteiger partial charge in [0.25, 0.3) is 0 Å². The van der Waals surface area contributed by atoms with E-state index in [1.165, 1.54) is 6.07 Å². The zero-order valence-corrected chi connectivity index (χ0v) is 13.0. The molecule has 0 N–H and O–H groups in total. The van der Waals surface area contributed by atoms with E-state index in [4.69, 9.17) is 0 Å². The molecule has 2 atom stereocenters. The second-order valence-electron chi connectivity index (χ2n) is 5.88. The van der Waals surface area contributed by atoms with Crippen molar-refractivity contribution in [1.29, 1.82) is 0 Å². The Balaban J connectivity index is 2.12. The molecule has 1 aliphatic carbocycles. The van der Waals surface area contributed by atoms with Gasteiger partial charge in [0.2, 0.25) is 0 Å². The first-order valence-electron chi connectivity index (χ1n) is 6.94. The third kappa shape index (κ3) is 3.65. The molecule has 1 fully saturated rings. The number of rotatable bonds is 3. The Morgan fingerprint density at radius 1 is 1.42 bits per heavy atom. The molecule has 1 aromatic rings. The van der Waals surface area contributed by atoms with Crippen LogP contribution < -0.4 is 0 Å². The van der Waals surface area contributed by atoms with Gasteiger partial charge in [-0.1, -0.05) is 29.8 Å². The molecule has 19 heavy (non-hydrogen) atoms. The maximum absolute atomic E-state index is 13.8. The first-order chi connectivity index (χ1) is 8.97. The van der Waals surface area contributed by atoms with Gasteiger partial charge in [0.15, 0.2) is 0 Å². The lowest BCUT2D eigenvalue weighted by Gasteiger charge is -2.30. The number of carbonyl (C=O) groups excluding carboxylic acids is 1. The SMILES string of the molecule is CC(C)C1CCC(=O)C(Cc2cc(Br)ccc2F)C1. The summed E-state index contributed by atoms with van der Waals surface area (Å²) in [5.74, 6) is 1.28. The van der Waals surface area contributed by atoms with Gasteiger partial charge in [0.1, 0.15) is 11.6 Å². The summed E-state index contributed by atoms with van der Waals surface area (Å²) in [6.45, 7) is 4.41. The number of Topliss-reactive ketones (excluding diaryl/α,β-unsaturated/α-hetero) is 1. The summed E-state index contributed by atoms with van der Waals surface area (Å²) < 4.78 is 14.6. The second kappa shape index (κ2) is 6.17. The van der Waals surface area contributed by atoms with Gasteiger partial charge in [-0.2, -0.15) is 0 Å². The Bertz CT molecular complexity index is 470. The molecule has 0 heterocycles. The molecule has 0 aromatic heterocycles. The summed E-state index contributed by atoms with van der Waals surface area (Å²) in [5, 5.41) is 0. The van der Waals surface area contributed by atoms with Crippen LogP contribution >= 0.6 is 15.9 Å². The molecular formula is C16H20BrFO. The topological polar surface area (TPSA) is 17.1 Å². The average molecular weight is 327 g/mol. The van der Waals surface area contributed by atoms with E-state index < -0.39 is 0 Å². The number of ketones is 1. The normalized spacial score (nSPS) is 23.9. The third-order valence-electron chi connectivity index (χ3n) is 4.22. The number of benzene rings is 1. The van der Waals surface area contributed by atoms with Crippen molar-refractivity contribution in [1.82, 2.24) is 0 Å². The molecule has 1 aliphatic rings. The predicted octanol–water partition coefficient (Wildman–Crippen LogP) is 4.77. The van der Waals surface area contributed by atoms with E-state index in [-0.39, 0.29) is 11.7 Å². The molecule has 1 nitrogen and oxygen atoms in total. The van der Waals surface area contributed by atoms with Crippen molar-refractivity contribution in [3.05, 3.63) is 34.1 Å². The van der Waals surface area contributed by atoms with E-state index in [1.54, 1.807) is 12.1 Å². The molecule has 1 saturated carbocycles. The highest BCUT2D eigenvalue weighted by molar-refractivity contribution is 9.10. The van der Waals surface area contributed by atoms with Crippen molar-refractivity contribution in [2.45, 2.75) is 39.5 Å². The van der Waals surface area contributed by atoms with Crippen LogP contribution in [0.3, 0.4) is 0 Å². The largest absolute Gasteiger partial charge is 0.299 e. The molecule has 0 spiro atoms. The lowest BCUT2D eigenvalue weighted by Crippen LogP contribution is -2.29. The van der Waals surface area contributed by atoms with Crippen LogP contribution in [-0.4, -0.2) is 5.78 Å². The van der Waals surface area contributed by atoms with Gasteiger partial charge in [0.05, 0.1) is 0 Å². The fourth-order valence-electron chi connectivity index (χ4n) is 2.91. The standard InChI is InChI=1S/C16H20BrFO/c1-10(2)11-3-6-16(19)13(7-11)8-12-9-14(17)4-5-15(12)18/h4-5,9-11,13H,3,6-8H2,1-2H3. The van der Waals surface area contributed by atoms with Crippen LogP contribution in [0, 0.1) is 23.6 Å². The summed E-state index contributed by atoms with van der Waals surface area (Å²) in [7, 11) is 0. The zero-order valence-electron chi connectivity index (χ0n) is 11.5. The second-order valence-corrected chi connectivity index (χ2v) is 6.80. The van der Waals surface area contributed by atoms with E-state index in [1.807, 2.05) is 0 Å². The highest BCUT2D eigenvalue weighted by atomic mass is 79.9. The minimum Gasteiger partial charge on any atom is -0.299 e. The minimum atomic E-state index is -0.206. The molecule has 104 valence electrons. The molecule has 0 amide bonds. The van der Waals surface area contributed by atoms with Crippen molar-refractivity contribution in [3.63, 3.8) is 0 Å². The van der Waals surface area contributed by atoms with Gasteiger partial charge in [-0.25, -0.2) is 4.39 Å². The zero-order chi connectivity index (χ0) is 14.0. The van der Waals surface area contributed by atoms with Gasteiger partial charge in [-0.05, 0) is 54.9 Å². The van der Waals surface area contributed by atoms with Gasteiger partial charge in [-0.15, -0.1) is 0 Å². The van der Waals surface area contributed by atoms with Crippen LogP contribution in [0.1, 0.15) is 38.7 Å². The van der Waals surface area contributed by atoms with Crippen molar-refractivity contribution in [2.24, 2.45) is 17.8 Å². The van der Waals surface area contributed by atoms with E-state index >= 15 is 0 Å². The molecule has 0 bridgehead atoms. The van der Waals surface area contributed by atoms with E-state index in [9.17, 15) is 9.18 Å². The Labute approximate surface area is 122 Å². The summed E-state index contributed by atoms with van der Waals surface area (Å²) >= 11 is 3.36. The molecule has 1 aromatic carbocycles. The van der Waals surface area contributed by atoms with Gasteiger partial charge in [0, 0.05) is 16.8 Å². The third-order valence-corrected chi connectivity index (χ3v) is 4.71. The van der Waals surface area contributed by atoms with Crippen LogP contribution in [0.2, 0.25) is 0 Å². The Kier molecular flexibility index (Phi) is 4.77. The molecule has 3 heteroatoms. The predicted molar refractivity (Wildman–Crippen MR) is 78.5 cm³/mol. The lowest BCUT2D eigenvalue weighted by atomic mass is 9.73. The fourth-order valence-corrected chi connectivity index (χ4v) is 3.32. The molecule has 0 radical (unpaired) electrons. The molecule has 0 saturated heterocycles. The van der Waals surface area contributed by atoms with Gasteiger partial charge < -0.3 is 0 Å². The Morgan fingerprint density at radius 3 is 2.84 bits per heavy atom. The van der Waals surface area contributed by atoms with Crippen molar-refractivity contribution < 1.29 is 9.18 Å². The van der Waals surface area contributed by atoms with E-state index in [0.717, 1.165) is 17.3 Å². The van der Waals surface area contributed by atoms with Crippen LogP contribution in [0.5, 0.6) is 0 Å². The van der Waals surface area contributed by atoms with Crippen molar-refractivity contribution in [2.75, 3.05) is 0 Å². The van der Waals surface area contributed by atoms with Gasteiger partial charge >= 0.3 is 0 Å². The number of carbonyl (C=O) groups is 1. The molecule has 2 unspecified atom stereocenters. The van der Waals surface area contributed by atoms with Crippen LogP contribution in [0.25, 0.3) is 0 Å². The fraction of sp³-hybridized carbons (Fsp3) is 0.562. The summed E-state index contributed by atoms with van der Waals surface area (Å²) in [6, 6.07) is 4.95. The van der Waals surface area contributed by atoms with Crippen LogP contribution in [0.15, 0.2) is 22.7 Å². The number of halogens is 2. The van der Waals surface area contributed by atoms with Crippen LogP contribution in [0.4, 0.5) is 4.39 Å². The maximum Gasteiger partial charge on any atom is 0.136 e. The quantitative estimate of drug-likeness (QED) is 0.781.